The number of thiazole rings is 1. The van der Waals surface area contributed by atoms with Gasteiger partial charge in [-0.25, -0.2) is 4.98 Å². The van der Waals surface area contributed by atoms with E-state index in [4.69, 9.17) is 0 Å². The lowest BCUT2D eigenvalue weighted by Crippen LogP contribution is -2.28. The van der Waals surface area contributed by atoms with Crippen LogP contribution in [0.3, 0.4) is 0 Å². The quantitative estimate of drug-likeness (QED) is 0.730. The highest BCUT2D eigenvalue weighted by Crippen LogP contribution is 2.15. The number of hydrogen-bond donors (Lipinski definition) is 1. The molecule has 0 saturated carbocycles. The molecule has 2 nitrogen and oxygen atoms in total. The molecule has 0 spiro atoms. The maximum Gasteiger partial charge on any atom is 0.109 e. The average Bonchev–Trinajstić information content (AvgIpc) is 2.67. The summed E-state index contributed by atoms with van der Waals surface area (Å²) < 4.78 is 0. The van der Waals surface area contributed by atoms with E-state index in [1.807, 2.05) is 17.7 Å². The van der Waals surface area contributed by atoms with Crippen LogP contribution in [-0.2, 0) is 0 Å². The fourth-order valence-corrected chi connectivity index (χ4v) is 2.05. The Morgan fingerprint density at radius 3 is 3.00 bits per heavy atom. The summed E-state index contributed by atoms with van der Waals surface area (Å²) in [5.41, 5.74) is 0. The summed E-state index contributed by atoms with van der Waals surface area (Å²) in [6, 6.07) is 0.877. The van der Waals surface area contributed by atoms with Crippen molar-refractivity contribution < 1.29 is 0 Å². The van der Waals surface area contributed by atoms with Gasteiger partial charge in [0, 0.05) is 17.6 Å². The number of rotatable bonds is 6. The highest BCUT2D eigenvalue weighted by atomic mass is 32.1. The van der Waals surface area contributed by atoms with E-state index >= 15 is 0 Å². The molecule has 2 unspecified atom stereocenters. The number of nitrogens with one attached hydrogen (secondary N) is 1. The van der Waals surface area contributed by atoms with Crippen molar-refractivity contribution in [2.45, 2.75) is 38.8 Å². The van der Waals surface area contributed by atoms with Crippen LogP contribution in [0.2, 0.25) is 0 Å². The van der Waals surface area contributed by atoms with Crippen LogP contribution in [0.1, 0.15) is 37.7 Å². The third-order valence-electron chi connectivity index (χ3n) is 2.16. The van der Waals surface area contributed by atoms with Crippen LogP contribution in [-0.4, -0.2) is 11.0 Å². The van der Waals surface area contributed by atoms with Gasteiger partial charge in [-0.3, -0.25) is 0 Å². The molecule has 1 aromatic heterocycles. The zero-order chi connectivity index (χ0) is 10.4. The highest BCUT2D eigenvalue weighted by Gasteiger charge is 2.10. The summed E-state index contributed by atoms with van der Waals surface area (Å²) in [5, 5.41) is 6.70. The number of nitrogens with zero attached hydrogens (tertiary/aromatic N) is 1. The Hall–Kier alpha value is -0.670. The van der Waals surface area contributed by atoms with E-state index in [1.165, 1.54) is 0 Å². The largest absolute Gasteiger partial charge is 0.306 e. The second-order valence-electron chi connectivity index (χ2n) is 3.53. The Balaban J connectivity index is 2.33. The third-order valence-corrected chi connectivity index (χ3v) is 3.12. The number of hydrogen-bond acceptors (Lipinski definition) is 3. The molecular weight excluding hydrogens is 192 g/mol. The first-order chi connectivity index (χ1) is 6.74. The van der Waals surface area contributed by atoms with Gasteiger partial charge < -0.3 is 5.32 Å². The summed E-state index contributed by atoms with van der Waals surface area (Å²) in [6.45, 7) is 8.08. The van der Waals surface area contributed by atoms with Crippen molar-refractivity contribution >= 4 is 11.3 Å². The van der Waals surface area contributed by atoms with Gasteiger partial charge in [-0.1, -0.05) is 6.08 Å². The van der Waals surface area contributed by atoms with Gasteiger partial charge in [-0.2, -0.15) is 0 Å². The maximum absolute atomic E-state index is 4.29. The summed E-state index contributed by atoms with van der Waals surface area (Å²) in [4.78, 5) is 4.29. The van der Waals surface area contributed by atoms with E-state index in [0.717, 1.165) is 17.8 Å². The van der Waals surface area contributed by atoms with Crippen molar-refractivity contribution in [2.24, 2.45) is 0 Å². The fourth-order valence-electron chi connectivity index (χ4n) is 1.40. The van der Waals surface area contributed by atoms with Gasteiger partial charge in [0.1, 0.15) is 5.01 Å². The first kappa shape index (κ1) is 11.4. The van der Waals surface area contributed by atoms with Gasteiger partial charge >= 0.3 is 0 Å². The predicted molar refractivity (Wildman–Crippen MR) is 62.6 cm³/mol. The standard InChI is InChI=1S/C11H18N2S/c1-4-5-6-9(2)13-10(3)11-12-7-8-14-11/h4,7-10,13H,1,5-6H2,2-3H3. The summed E-state index contributed by atoms with van der Waals surface area (Å²) in [5.74, 6) is 0. The lowest BCUT2D eigenvalue weighted by molar-refractivity contribution is 0.458. The van der Waals surface area contributed by atoms with Crippen molar-refractivity contribution in [3.8, 4) is 0 Å². The molecule has 0 saturated heterocycles. The van der Waals surface area contributed by atoms with Gasteiger partial charge in [-0.15, -0.1) is 17.9 Å². The zero-order valence-corrected chi connectivity index (χ0v) is 9.68. The lowest BCUT2D eigenvalue weighted by Gasteiger charge is -2.17. The van der Waals surface area contributed by atoms with Crippen LogP contribution in [0.25, 0.3) is 0 Å². The molecule has 3 heteroatoms. The molecule has 14 heavy (non-hydrogen) atoms. The van der Waals surface area contributed by atoms with Crippen molar-refractivity contribution in [3.05, 3.63) is 29.2 Å². The molecule has 78 valence electrons. The molecule has 2 atom stereocenters. The van der Waals surface area contributed by atoms with Crippen LogP contribution in [0.4, 0.5) is 0 Å². The van der Waals surface area contributed by atoms with E-state index in [2.05, 4.69) is 30.7 Å². The Bertz CT molecular complexity index is 256. The van der Waals surface area contributed by atoms with Crippen molar-refractivity contribution in [2.75, 3.05) is 0 Å². The molecule has 0 amide bonds. The van der Waals surface area contributed by atoms with Crippen molar-refractivity contribution in [1.82, 2.24) is 10.3 Å². The van der Waals surface area contributed by atoms with Gasteiger partial charge in [-0.05, 0) is 26.7 Å². The van der Waals surface area contributed by atoms with E-state index in [-0.39, 0.29) is 0 Å². The fraction of sp³-hybridized carbons (Fsp3) is 0.545. The number of allylic oxidation sites excluding steroid dienone is 1. The van der Waals surface area contributed by atoms with Crippen molar-refractivity contribution in [1.29, 1.82) is 0 Å². The first-order valence-corrected chi connectivity index (χ1v) is 5.88. The Morgan fingerprint density at radius 2 is 2.43 bits per heavy atom. The van der Waals surface area contributed by atoms with Crippen LogP contribution in [0.15, 0.2) is 24.2 Å². The molecule has 0 aliphatic heterocycles. The van der Waals surface area contributed by atoms with Gasteiger partial charge in [0.05, 0.1) is 6.04 Å². The number of aromatic nitrogens is 1. The minimum absolute atomic E-state index is 0.356. The predicted octanol–water partition coefficient (Wildman–Crippen LogP) is 3.15. The monoisotopic (exact) mass is 210 g/mol. The second-order valence-corrected chi connectivity index (χ2v) is 4.45. The molecule has 0 aliphatic rings. The first-order valence-electron chi connectivity index (χ1n) is 5.00. The van der Waals surface area contributed by atoms with Gasteiger partial charge in [0.2, 0.25) is 0 Å². The van der Waals surface area contributed by atoms with E-state index < -0.39 is 0 Å². The van der Waals surface area contributed by atoms with Crippen molar-refractivity contribution in [3.63, 3.8) is 0 Å². The molecule has 0 aromatic carbocycles. The maximum atomic E-state index is 4.29. The minimum atomic E-state index is 0.356. The van der Waals surface area contributed by atoms with E-state index in [9.17, 15) is 0 Å². The summed E-state index contributed by atoms with van der Waals surface area (Å²) in [6.07, 6.45) is 6.02. The Labute approximate surface area is 90.1 Å². The Morgan fingerprint density at radius 1 is 1.64 bits per heavy atom. The lowest BCUT2D eigenvalue weighted by atomic mass is 10.1. The molecule has 1 rings (SSSR count). The normalized spacial score (nSPS) is 15.0. The zero-order valence-electron chi connectivity index (χ0n) is 8.86. The summed E-state index contributed by atoms with van der Waals surface area (Å²) in [7, 11) is 0. The SMILES string of the molecule is C=CCCC(C)NC(C)c1nccs1. The molecule has 0 radical (unpaired) electrons. The second kappa shape index (κ2) is 5.94. The van der Waals surface area contributed by atoms with Crippen LogP contribution in [0.5, 0.6) is 0 Å². The molecule has 0 aliphatic carbocycles. The molecule has 0 bridgehead atoms. The van der Waals surface area contributed by atoms with Crippen LogP contribution >= 0.6 is 11.3 Å². The molecule has 0 fully saturated rings. The van der Waals surface area contributed by atoms with Crippen LogP contribution < -0.4 is 5.32 Å². The topological polar surface area (TPSA) is 24.9 Å². The van der Waals surface area contributed by atoms with Gasteiger partial charge in [0.15, 0.2) is 0 Å². The highest BCUT2D eigenvalue weighted by molar-refractivity contribution is 7.09. The van der Waals surface area contributed by atoms with E-state index in [1.54, 1.807) is 11.3 Å². The smallest absolute Gasteiger partial charge is 0.109 e. The minimum Gasteiger partial charge on any atom is -0.306 e. The molecule has 1 N–H and O–H groups in total. The molecular formula is C11H18N2S. The summed E-state index contributed by atoms with van der Waals surface area (Å²) >= 11 is 1.70. The van der Waals surface area contributed by atoms with Gasteiger partial charge in [0.25, 0.3) is 0 Å². The van der Waals surface area contributed by atoms with E-state index in [0.29, 0.717) is 12.1 Å². The Kier molecular flexibility index (Phi) is 4.84. The third kappa shape index (κ3) is 3.60. The molecule has 1 aromatic rings. The average molecular weight is 210 g/mol. The molecule has 1 heterocycles. The van der Waals surface area contributed by atoms with Crippen LogP contribution in [0, 0.1) is 0 Å².